The molecule has 118 valence electrons. The lowest BCUT2D eigenvalue weighted by molar-refractivity contribution is -0.129. The maximum atomic E-state index is 12.4. The lowest BCUT2D eigenvalue weighted by atomic mass is 9.55. The van der Waals surface area contributed by atoms with Crippen molar-refractivity contribution >= 4 is 5.78 Å². The molecule has 2 fully saturated rings. The summed E-state index contributed by atoms with van der Waals surface area (Å²) >= 11 is 0. The van der Waals surface area contributed by atoms with Crippen LogP contribution < -0.4 is 4.74 Å². The van der Waals surface area contributed by atoms with Crippen LogP contribution in [0.15, 0.2) is 12.1 Å². The van der Waals surface area contributed by atoms with Crippen LogP contribution in [-0.4, -0.2) is 12.9 Å². The molecule has 0 spiro atoms. The molecule has 0 radical (unpaired) electrons. The van der Waals surface area contributed by atoms with Crippen LogP contribution in [0.3, 0.4) is 0 Å². The Labute approximate surface area is 133 Å². The lowest BCUT2D eigenvalue weighted by Crippen LogP contribution is -2.42. The molecule has 0 heterocycles. The van der Waals surface area contributed by atoms with Crippen LogP contribution in [0.4, 0.5) is 0 Å². The minimum absolute atomic E-state index is 0.0320. The maximum Gasteiger partial charge on any atom is 0.139 e. The van der Waals surface area contributed by atoms with E-state index in [1.54, 1.807) is 7.11 Å². The molecule has 3 aliphatic rings. The molecular weight excluding hydrogens is 272 g/mol. The fourth-order valence-electron chi connectivity index (χ4n) is 5.80. The fourth-order valence-corrected chi connectivity index (χ4v) is 5.80. The van der Waals surface area contributed by atoms with Crippen LogP contribution >= 0.6 is 0 Å². The van der Waals surface area contributed by atoms with E-state index in [9.17, 15) is 4.79 Å². The van der Waals surface area contributed by atoms with Gasteiger partial charge in [0.25, 0.3) is 0 Å². The summed E-state index contributed by atoms with van der Waals surface area (Å²) in [4.78, 5) is 12.4. The Morgan fingerprint density at radius 1 is 1.18 bits per heavy atom. The van der Waals surface area contributed by atoms with Crippen molar-refractivity contribution in [3.05, 3.63) is 28.8 Å². The number of benzene rings is 1. The van der Waals surface area contributed by atoms with Gasteiger partial charge in [-0.05, 0) is 74.0 Å². The van der Waals surface area contributed by atoms with E-state index < -0.39 is 0 Å². The number of hydrogen-bond acceptors (Lipinski definition) is 2. The van der Waals surface area contributed by atoms with Crippen molar-refractivity contribution in [2.45, 2.75) is 58.3 Å². The summed E-state index contributed by atoms with van der Waals surface area (Å²) in [6.45, 7) is 4.47. The largest absolute Gasteiger partial charge is 0.496 e. The van der Waals surface area contributed by atoms with Crippen molar-refractivity contribution in [3.63, 3.8) is 0 Å². The van der Waals surface area contributed by atoms with E-state index in [-0.39, 0.29) is 5.41 Å². The van der Waals surface area contributed by atoms with Gasteiger partial charge in [-0.3, -0.25) is 4.79 Å². The molecule has 3 aliphatic carbocycles. The van der Waals surface area contributed by atoms with Crippen molar-refractivity contribution < 1.29 is 9.53 Å². The Bertz CT molecular complexity index is 633. The molecule has 0 bridgehead atoms. The normalized spacial score (nSPS) is 36.5. The molecule has 0 N–H and O–H groups in total. The molecule has 22 heavy (non-hydrogen) atoms. The van der Waals surface area contributed by atoms with E-state index in [0.717, 1.165) is 37.9 Å². The third-order valence-electron chi connectivity index (χ3n) is 7.02. The van der Waals surface area contributed by atoms with Gasteiger partial charge in [0.1, 0.15) is 11.5 Å². The molecule has 0 saturated heterocycles. The summed E-state index contributed by atoms with van der Waals surface area (Å²) in [5.74, 6) is 3.47. The molecule has 0 unspecified atom stereocenters. The number of rotatable bonds is 1. The van der Waals surface area contributed by atoms with Gasteiger partial charge >= 0.3 is 0 Å². The molecule has 2 saturated carbocycles. The quantitative estimate of drug-likeness (QED) is 0.766. The van der Waals surface area contributed by atoms with E-state index in [0.29, 0.717) is 23.5 Å². The fraction of sp³-hybridized carbons (Fsp3) is 0.650. The zero-order valence-electron chi connectivity index (χ0n) is 13.9. The molecule has 4 rings (SSSR count). The van der Waals surface area contributed by atoms with Gasteiger partial charge in [0.15, 0.2) is 0 Å². The van der Waals surface area contributed by atoms with Crippen LogP contribution in [0.2, 0.25) is 0 Å². The third-order valence-corrected chi connectivity index (χ3v) is 7.02. The summed E-state index contributed by atoms with van der Waals surface area (Å²) in [5.41, 5.74) is 4.37. The predicted octanol–water partition coefficient (Wildman–Crippen LogP) is 4.43. The summed E-state index contributed by atoms with van der Waals surface area (Å²) in [5, 5.41) is 0. The second-order valence-corrected chi connectivity index (χ2v) is 7.81. The van der Waals surface area contributed by atoms with Gasteiger partial charge in [-0.1, -0.05) is 13.0 Å². The summed E-state index contributed by atoms with van der Waals surface area (Å²) in [6, 6.07) is 4.34. The van der Waals surface area contributed by atoms with Crippen LogP contribution in [0, 0.1) is 24.2 Å². The second kappa shape index (κ2) is 4.84. The first-order valence-corrected chi connectivity index (χ1v) is 8.76. The van der Waals surface area contributed by atoms with Crippen molar-refractivity contribution in [1.29, 1.82) is 0 Å². The standard InChI is InChI=1S/C20H26O2/c1-12-4-8-17(22-3)19-13(12)5-6-14-15(19)10-11-20(2)16(14)7-9-18(20)21/h4,8,14-16H,5-7,9-11H2,1-3H3/t14-,15+,16+,20-/m0/s1. The zero-order chi connectivity index (χ0) is 15.5. The number of ether oxygens (including phenoxy) is 1. The van der Waals surface area contributed by atoms with Gasteiger partial charge in [-0.15, -0.1) is 0 Å². The molecule has 0 aliphatic heterocycles. The molecule has 4 atom stereocenters. The number of hydrogen-bond donors (Lipinski definition) is 0. The van der Waals surface area contributed by atoms with E-state index in [4.69, 9.17) is 4.74 Å². The van der Waals surface area contributed by atoms with Gasteiger partial charge in [-0.2, -0.15) is 0 Å². The Balaban J connectivity index is 1.79. The van der Waals surface area contributed by atoms with E-state index in [2.05, 4.69) is 26.0 Å². The first-order chi connectivity index (χ1) is 10.6. The van der Waals surface area contributed by atoms with E-state index in [1.807, 2.05) is 0 Å². The Morgan fingerprint density at radius 2 is 2.00 bits per heavy atom. The zero-order valence-corrected chi connectivity index (χ0v) is 13.9. The molecular formula is C20H26O2. The number of carbonyl (C=O) groups excluding carboxylic acids is 1. The average Bonchev–Trinajstić information content (AvgIpc) is 2.83. The van der Waals surface area contributed by atoms with Crippen molar-refractivity contribution in [2.75, 3.05) is 7.11 Å². The van der Waals surface area contributed by atoms with Gasteiger partial charge in [0.05, 0.1) is 7.11 Å². The van der Waals surface area contributed by atoms with Gasteiger partial charge in [-0.25, -0.2) is 0 Å². The number of carbonyl (C=O) groups is 1. The van der Waals surface area contributed by atoms with E-state index in [1.165, 1.54) is 23.1 Å². The summed E-state index contributed by atoms with van der Waals surface area (Å²) in [6.07, 6.45) is 6.53. The highest BCUT2D eigenvalue weighted by Crippen LogP contribution is 2.60. The number of ketones is 1. The SMILES string of the molecule is COc1ccc(C)c2c1[C@@H]1CC[C@]3(C)C(=O)CC[C@@H]3[C@H]1CC2. The molecule has 2 heteroatoms. The Morgan fingerprint density at radius 3 is 2.77 bits per heavy atom. The molecule has 0 amide bonds. The third kappa shape index (κ3) is 1.76. The smallest absolute Gasteiger partial charge is 0.139 e. The number of Topliss-reactive ketones (excluding diaryl/α,β-unsaturated/α-hetero) is 1. The second-order valence-electron chi connectivity index (χ2n) is 7.81. The average molecular weight is 298 g/mol. The van der Waals surface area contributed by atoms with Gasteiger partial charge in [0, 0.05) is 17.4 Å². The van der Waals surface area contributed by atoms with Crippen LogP contribution in [0.5, 0.6) is 5.75 Å². The summed E-state index contributed by atoms with van der Waals surface area (Å²) in [7, 11) is 1.79. The minimum Gasteiger partial charge on any atom is -0.496 e. The van der Waals surface area contributed by atoms with Gasteiger partial charge in [0.2, 0.25) is 0 Å². The Hall–Kier alpha value is -1.31. The summed E-state index contributed by atoms with van der Waals surface area (Å²) < 4.78 is 5.71. The number of aryl methyl sites for hydroxylation is 1. The van der Waals surface area contributed by atoms with Crippen LogP contribution in [0.25, 0.3) is 0 Å². The van der Waals surface area contributed by atoms with Crippen molar-refractivity contribution in [1.82, 2.24) is 0 Å². The molecule has 2 nitrogen and oxygen atoms in total. The highest BCUT2D eigenvalue weighted by molar-refractivity contribution is 5.87. The maximum absolute atomic E-state index is 12.4. The molecule has 0 aromatic heterocycles. The predicted molar refractivity (Wildman–Crippen MR) is 87.4 cm³/mol. The number of methoxy groups -OCH3 is 1. The lowest BCUT2D eigenvalue weighted by Gasteiger charge is -2.48. The Kier molecular flexibility index (Phi) is 3.15. The highest BCUT2D eigenvalue weighted by atomic mass is 16.5. The van der Waals surface area contributed by atoms with E-state index >= 15 is 0 Å². The monoisotopic (exact) mass is 298 g/mol. The first kappa shape index (κ1) is 14.3. The van der Waals surface area contributed by atoms with Crippen molar-refractivity contribution in [2.24, 2.45) is 17.3 Å². The van der Waals surface area contributed by atoms with Crippen LogP contribution in [0.1, 0.15) is 61.6 Å². The topological polar surface area (TPSA) is 26.3 Å². The van der Waals surface area contributed by atoms with Gasteiger partial charge < -0.3 is 4.74 Å². The number of fused-ring (bicyclic) bond motifs is 5. The highest BCUT2D eigenvalue weighted by Gasteiger charge is 2.55. The minimum atomic E-state index is -0.0320. The molecule has 1 aromatic rings. The van der Waals surface area contributed by atoms with Crippen LogP contribution in [-0.2, 0) is 11.2 Å². The molecule has 1 aromatic carbocycles. The van der Waals surface area contributed by atoms with Crippen molar-refractivity contribution in [3.8, 4) is 5.75 Å². The first-order valence-electron chi connectivity index (χ1n) is 8.76.